The Hall–Kier alpha value is -2.37. The van der Waals surface area contributed by atoms with E-state index >= 15 is 0 Å². The van der Waals surface area contributed by atoms with E-state index in [1.165, 1.54) is 51.2 Å². The van der Waals surface area contributed by atoms with Crippen LogP contribution in [0.4, 0.5) is 5.82 Å². The number of hydrogen-bond donors (Lipinski definition) is 2. The Kier molecular flexibility index (Phi) is 8.66. The highest BCUT2D eigenvalue weighted by atomic mass is 16.3. The van der Waals surface area contributed by atoms with Crippen LogP contribution in [-0.4, -0.2) is 22.4 Å². The first-order valence-corrected chi connectivity index (χ1v) is 9.66. The average molecular weight is 358 g/mol. The highest BCUT2D eigenvalue weighted by molar-refractivity contribution is 5.92. The fraction of sp³-hybridized carbons (Fsp3) is 0.550. The fourth-order valence-corrected chi connectivity index (χ4v) is 2.77. The molecule has 0 aliphatic rings. The topological polar surface area (TPSA) is 94.0 Å². The van der Waals surface area contributed by atoms with Gasteiger partial charge in [0, 0.05) is 12.7 Å². The molecule has 0 atom stereocenters. The van der Waals surface area contributed by atoms with Crippen LogP contribution in [0.25, 0.3) is 11.5 Å². The van der Waals surface area contributed by atoms with Crippen LogP contribution >= 0.6 is 0 Å². The molecule has 0 spiro atoms. The van der Waals surface area contributed by atoms with E-state index in [0.717, 1.165) is 12.8 Å². The van der Waals surface area contributed by atoms with Crippen LogP contribution in [-0.2, 0) is 0 Å². The molecule has 6 heteroatoms. The number of carbonyl (C=O) groups is 1. The summed E-state index contributed by atoms with van der Waals surface area (Å²) in [6, 6.07) is 3.43. The summed E-state index contributed by atoms with van der Waals surface area (Å²) in [5, 5.41) is 2.89. The quantitative estimate of drug-likeness (QED) is 0.542. The molecule has 0 fully saturated rings. The second kappa shape index (κ2) is 11.3. The van der Waals surface area contributed by atoms with Gasteiger partial charge in [-0.2, -0.15) is 0 Å². The number of oxazole rings is 1. The number of hydrogen-bond acceptors (Lipinski definition) is 5. The van der Waals surface area contributed by atoms with Crippen LogP contribution in [0.15, 0.2) is 29.0 Å². The zero-order valence-electron chi connectivity index (χ0n) is 15.7. The summed E-state index contributed by atoms with van der Waals surface area (Å²) < 4.78 is 5.36. The van der Waals surface area contributed by atoms with Gasteiger partial charge in [-0.05, 0) is 18.6 Å². The third kappa shape index (κ3) is 6.86. The summed E-state index contributed by atoms with van der Waals surface area (Å²) in [7, 11) is 0. The first-order valence-electron chi connectivity index (χ1n) is 9.66. The minimum atomic E-state index is -0.206. The normalized spacial score (nSPS) is 10.8. The van der Waals surface area contributed by atoms with E-state index in [2.05, 4.69) is 22.2 Å². The Bertz CT molecular complexity index is 652. The Labute approximate surface area is 155 Å². The number of carbonyl (C=O) groups excluding carboxylic acids is 1. The van der Waals surface area contributed by atoms with Crippen molar-refractivity contribution in [2.45, 2.75) is 64.7 Å². The number of pyridine rings is 1. The molecule has 0 aliphatic carbocycles. The molecule has 0 aliphatic heterocycles. The molecule has 0 aromatic carbocycles. The number of nitrogens with zero attached hydrogens (tertiary/aromatic N) is 2. The van der Waals surface area contributed by atoms with Crippen LogP contribution in [0, 0.1) is 0 Å². The first-order chi connectivity index (χ1) is 12.7. The zero-order chi connectivity index (χ0) is 18.6. The van der Waals surface area contributed by atoms with Crippen LogP contribution in [0.1, 0.15) is 75.2 Å². The summed E-state index contributed by atoms with van der Waals surface area (Å²) >= 11 is 0. The molecule has 0 saturated carbocycles. The summed E-state index contributed by atoms with van der Waals surface area (Å²) in [5.74, 6) is 0.591. The lowest BCUT2D eigenvalue weighted by Crippen LogP contribution is -2.24. The molecule has 6 nitrogen and oxygen atoms in total. The summed E-state index contributed by atoms with van der Waals surface area (Å²) in [6.07, 6.45) is 14.3. The number of nitrogens with two attached hydrogens (primary N) is 1. The molecule has 0 saturated heterocycles. The van der Waals surface area contributed by atoms with E-state index in [-0.39, 0.29) is 11.6 Å². The lowest BCUT2D eigenvalue weighted by molar-refractivity contribution is 0.0948. The Morgan fingerprint density at radius 3 is 2.42 bits per heavy atom. The molecule has 0 radical (unpaired) electrons. The third-order valence-electron chi connectivity index (χ3n) is 4.34. The third-order valence-corrected chi connectivity index (χ3v) is 4.34. The van der Waals surface area contributed by atoms with Crippen molar-refractivity contribution in [3.63, 3.8) is 0 Å². The zero-order valence-corrected chi connectivity index (χ0v) is 15.7. The molecule has 0 bridgehead atoms. The molecule has 142 valence electrons. The minimum absolute atomic E-state index is 0.206. The summed E-state index contributed by atoms with van der Waals surface area (Å²) in [6.45, 7) is 2.91. The van der Waals surface area contributed by atoms with Crippen molar-refractivity contribution in [2.24, 2.45) is 0 Å². The standard InChI is InChI=1S/C20H30N4O2/c1-2-3-4-5-6-7-8-9-10-13-22-19(25)17-15-26-20(24-17)16-11-12-18(21)23-14-16/h11-12,14-15H,2-10,13H2,1H3,(H2,21,23)(H,22,25). The Balaban J connectivity index is 1.61. The van der Waals surface area contributed by atoms with E-state index in [9.17, 15) is 4.79 Å². The van der Waals surface area contributed by atoms with Gasteiger partial charge < -0.3 is 15.5 Å². The number of nitrogens with one attached hydrogen (secondary N) is 1. The molecule has 2 rings (SSSR count). The van der Waals surface area contributed by atoms with Crippen molar-refractivity contribution in [1.29, 1.82) is 0 Å². The van der Waals surface area contributed by atoms with Gasteiger partial charge in [0.25, 0.3) is 5.91 Å². The molecular formula is C20H30N4O2. The monoisotopic (exact) mass is 358 g/mol. The Morgan fingerprint density at radius 2 is 1.77 bits per heavy atom. The predicted molar refractivity (Wildman–Crippen MR) is 104 cm³/mol. The van der Waals surface area contributed by atoms with Crippen LogP contribution in [0.3, 0.4) is 0 Å². The highest BCUT2D eigenvalue weighted by Crippen LogP contribution is 2.18. The van der Waals surface area contributed by atoms with Crippen LogP contribution in [0.5, 0.6) is 0 Å². The number of anilines is 1. The van der Waals surface area contributed by atoms with E-state index < -0.39 is 0 Å². The van der Waals surface area contributed by atoms with Gasteiger partial charge in [-0.15, -0.1) is 0 Å². The highest BCUT2D eigenvalue weighted by Gasteiger charge is 2.13. The molecular weight excluding hydrogens is 328 g/mol. The van der Waals surface area contributed by atoms with Crippen molar-refractivity contribution < 1.29 is 9.21 Å². The predicted octanol–water partition coefficient (Wildman–Crippen LogP) is 4.58. The molecule has 2 heterocycles. The van der Waals surface area contributed by atoms with Crippen molar-refractivity contribution >= 4 is 11.7 Å². The Morgan fingerprint density at radius 1 is 1.08 bits per heavy atom. The largest absolute Gasteiger partial charge is 0.444 e. The molecule has 2 aromatic rings. The number of amides is 1. The minimum Gasteiger partial charge on any atom is -0.444 e. The van der Waals surface area contributed by atoms with Crippen molar-refractivity contribution in [2.75, 3.05) is 12.3 Å². The summed E-state index contributed by atoms with van der Waals surface area (Å²) in [4.78, 5) is 20.3. The van der Waals surface area contributed by atoms with Gasteiger partial charge in [0.15, 0.2) is 5.69 Å². The van der Waals surface area contributed by atoms with Gasteiger partial charge in [-0.1, -0.05) is 58.3 Å². The van der Waals surface area contributed by atoms with Gasteiger partial charge in [0.1, 0.15) is 12.1 Å². The van der Waals surface area contributed by atoms with Crippen molar-refractivity contribution in [3.05, 3.63) is 30.3 Å². The number of rotatable bonds is 12. The van der Waals surface area contributed by atoms with E-state index in [1.54, 1.807) is 18.3 Å². The average Bonchev–Trinajstić information content (AvgIpc) is 3.14. The van der Waals surface area contributed by atoms with Gasteiger partial charge in [0.2, 0.25) is 5.89 Å². The van der Waals surface area contributed by atoms with Crippen molar-refractivity contribution in [3.8, 4) is 11.5 Å². The second-order valence-electron chi connectivity index (χ2n) is 6.59. The lowest BCUT2D eigenvalue weighted by atomic mass is 10.1. The van der Waals surface area contributed by atoms with Gasteiger partial charge in [0.05, 0.1) is 5.56 Å². The smallest absolute Gasteiger partial charge is 0.273 e. The fourth-order valence-electron chi connectivity index (χ4n) is 2.77. The number of nitrogen functional groups attached to an aromatic ring is 1. The van der Waals surface area contributed by atoms with Gasteiger partial charge in [-0.25, -0.2) is 9.97 Å². The van der Waals surface area contributed by atoms with E-state index in [0.29, 0.717) is 23.8 Å². The molecule has 0 unspecified atom stereocenters. The summed E-state index contributed by atoms with van der Waals surface area (Å²) in [5.41, 5.74) is 6.53. The van der Waals surface area contributed by atoms with Crippen LogP contribution in [0.2, 0.25) is 0 Å². The second-order valence-corrected chi connectivity index (χ2v) is 6.59. The maximum absolute atomic E-state index is 12.1. The number of aromatic nitrogens is 2. The molecule has 1 amide bonds. The van der Waals surface area contributed by atoms with E-state index in [4.69, 9.17) is 10.2 Å². The molecule has 3 N–H and O–H groups in total. The number of unbranched alkanes of at least 4 members (excludes halogenated alkanes) is 8. The maximum atomic E-state index is 12.1. The van der Waals surface area contributed by atoms with Crippen molar-refractivity contribution in [1.82, 2.24) is 15.3 Å². The first kappa shape index (κ1) is 19.9. The maximum Gasteiger partial charge on any atom is 0.273 e. The molecule has 2 aromatic heterocycles. The van der Waals surface area contributed by atoms with Crippen LogP contribution < -0.4 is 11.1 Å². The van der Waals surface area contributed by atoms with Gasteiger partial charge >= 0.3 is 0 Å². The molecule has 26 heavy (non-hydrogen) atoms. The lowest BCUT2D eigenvalue weighted by Gasteiger charge is -2.03. The van der Waals surface area contributed by atoms with E-state index in [1.807, 2.05) is 0 Å². The SMILES string of the molecule is CCCCCCCCCCCNC(=O)c1coc(-c2ccc(N)nc2)n1. The van der Waals surface area contributed by atoms with Gasteiger partial charge in [-0.3, -0.25) is 4.79 Å².